The summed E-state index contributed by atoms with van der Waals surface area (Å²) in [7, 11) is 1.89. The smallest absolute Gasteiger partial charge is 0.241 e. The van der Waals surface area contributed by atoms with Crippen LogP contribution in [0, 0.1) is 5.92 Å². The molecule has 1 N–H and O–H groups in total. The number of aryl methyl sites for hydroxylation is 1. The van der Waals surface area contributed by atoms with Crippen molar-refractivity contribution >= 4 is 29.0 Å². The number of carbonyl (C=O) groups is 2. The summed E-state index contributed by atoms with van der Waals surface area (Å²) in [5.41, 5.74) is 1.91. The van der Waals surface area contributed by atoms with Gasteiger partial charge in [-0.2, -0.15) is 0 Å². The van der Waals surface area contributed by atoms with Gasteiger partial charge >= 0.3 is 0 Å². The zero-order chi connectivity index (χ0) is 18.8. The lowest BCUT2D eigenvalue weighted by Gasteiger charge is -2.31. The molecule has 27 heavy (non-hydrogen) atoms. The van der Waals surface area contributed by atoms with Crippen LogP contribution in [0.15, 0.2) is 54.2 Å². The van der Waals surface area contributed by atoms with E-state index in [0.717, 1.165) is 16.1 Å². The molecule has 2 amide bonds. The van der Waals surface area contributed by atoms with Crippen LogP contribution in [0.5, 0.6) is 0 Å². The Balaban J connectivity index is 1.57. The number of thiophene rings is 1. The number of nitrogens with zero attached hydrogens (tertiary/aromatic N) is 3. The minimum atomic E-state index is -0.739. The summed E-state index contributed by atoms with van der Waals surface area (Å²) in [6.07, 6.45) is 2.06. The Morgan fingerprint density at radius 1 is 1.26 bits per heavy atom. The van der Waals surface area contributed by atoms with Crippen molar-refractivity contribution < 1.29 is 9.59 Å². The topological polar surface area (TPSA) is 67.2 Å². The van der Waals surface area contributed by atoms with Gasteiger partial charge in [0.1, 0.15) is 5.92 Å². The van der Waals surface area contributed by atoms with Gasteiger partial charge < -0.3 is 9.88 Å². The summed E-state index contributed by atoms with van der Waals surface area (Å²) >= 11 is 1.58. The van der Waals surface area contributed by atoms with Crippen molar-refractivity contribution in [3.05, 3.63) is 70.3 Å². The molecule has 3 aromatic rings. The second kappa shape index (κ2) is 7.36. The van der Waals surface area contributed by atoms with E-state index in [2.05, 4.69) is 10.3 Å². The fourth-order valence-electron chi connectivity index (χ4n) is 3.31. The van der Waals surface area contributed by atoms with Gasteiger partial charge in [0.05, 0.1) is 25.1 Å². The van der Waals surface area contributed by atoms with Crippen LogP contribution >= 0.6 is 11.3 Å². The maximum absolute atomic E-state index is 13.1. The number of benzene rings is 1. The van der Waals surface area contributed by atoms with Gasteiger partial charge in [0.15, 0.2) is 5.82 Å². The summed E-state index contributed by atoms with van der Waals surface area (Å²) in [4.78, 5) is 33.0. The Kier molecular flexibility index (Phi) is 4.77. The molecular weight excluding hydrogens is 360 g/mol. The van der Waals surface area contributed by atoms with Crippen molar-refractivity contribution in [2.75, 3.05) is 4.90 Å². The zero-order valence-electron chi connectivity index (χ0n) is 15.0. The molecule has 0 fully saturated rings. The van der Waals surface area contributed by atoms with Crippen molar-refractivity contribution in [1.82, 2.24) is 14.9 Å². The molecule has 0 aliphatic carbocycles. The molecule has 0 bridgehead atoms. The first-order valence-electron chi connectivity index (χ1n) is 8.79. The maximum Gasteiger partial charge on any atom is 0.241 e. The number of nitrogens with one attached hydrogen (secondary N) is 1. The lowest BCUT2D eigenvalue weighted by Crippen LogP contribution is -2.47. The van der Waals surface area contributed by atoms with E-state index in [1.807, 2.05) is 59.5 Å². The normalized spacial score (nSPS) is 16.3. The highest BCUT2D eigenvalue weighted by Crippen LogP contribution is 2.30. The number of rotatable bonds is 5. The summed E-state index contributed by atoms with van der Waals surface area (Å²) in [6, 6.07) is 13.7. The van der Waals surface area contributed by atoms with E-state index < -0.39 is 5.92 Å². The van der Waals surface area contributed by atoms with E-state index in [4.69, 9.17) is 0 Å². The molecule has 1 atom stereocenters. The SMILES string of the molecule is Cn1cnc2c1CC(C(=O)NCc1cccs1)C(=O)N2Cc1ccccc1. The van der Waals surface area contributed by atoms with Crippen LogP contribution in [0.25, 0.3) is 0 Å². The van der Waals surface area contributed by atoms with Gasteiger partial charge in [-0.3, -0.25) is 14.5 Å². The van der Waals surface area contributed by atoms with Gasteiger partial charge in [-0.25, -0.2) is 4.98 Å². The van der Waals surface area contributed by atoms with E-state index in [0.29, 0.717) is 25.3 Å². The fraction of sp³-hybridized carbons (Fsp3) is 0.250. The minimum absolute atomic E-state index is 0.200. The van der Waals surface area contributed by atoms with E-state index in [9.17, 15) is 9.59 Å². The lowest BCUT2D eigenvalue weighted by atomic mass is 9.95. The summed E-state index contributed by atoms with van der Waals surface area (Å²) in [6.45, 7) is 0.843. The molecular formula is C20H20N4O2S. The highest BCUT2D eigenvalue weighted by atomic mass is 32.1. The largest absolute Gasteiger partial charge is 0.351 e. The third-order valence-corrected chi connectivity index (χ3v) is 5.65. The Morgan fingerprint density at radius 3 is 2.81 bits per heavy atom. The molecule has 1 unspecified atom stereocenters. The highest BCUT2D eigenvalue weighted by molar-refractivity contribution is 7.09. The molecule has 0 radical (unpaired) electrons. The van der Waals surface area contributed by atoms with Gasteiger partial charge in [-0.1, -0.05) is 36.4 Å². The molecule has 3 heterocycles. The Labute approximate surface area is 161 Å². The van der Waals surface area contributed by atoms with E-state index in [-0.39, 0.29) is 11.8 Å². The number of fused-ring (bicyclic) bond motifs is 1. The van der Waals surface area contributed by atoms with Crippen LogP contribution in [-0.2, 0) is 36.1 Å². The lowest BCUT2D eigenvalue weighted by molar-refractivity contribution is -0.134. The number of amides is 2. The second-order valence-electron chi connectivity index (χ2n) is 6.59. The maximum atomic E-state index is 13.1. The Hall–Kier alpha value is -2.93. The van der Waals surface area contributed by atoms with Gasteiger partial charge in [0, 0.05) is 18.3 Å². The molecule has 138 valence electrons. The molecule has 0 spiro atoms. The standard InChI is InChI=1S/C20H20N4O2S/c1-23-13-22-18-17(23)10-16(19(25)21-11-15-8-5-9-27-15)20(26)24(18)12-14-6-3-2-4-7-14/h2-9,13,16H,10-12H2,1H3,(H,21,25). The van der Waals surface area contributed by atoms with Crippen LogP contribution < -0.4 is 10.2 Å². The van der Waals surface area contributed by atoms with Crippen LogP contribution in [0.3, 0.4) is 0 Å². The summed E-state index contributed by atoms with van der Waals surface area (Å²) in [5, 5.41) is 4.88. The van der Waals surface area contributed by atoms with E-state index in [1.54, 1.807) is 22.6 Å². The van der Waals surface area contributed by atoms with Crippen molar-refractivity contribution in [1.29, 1.82) is 0 Å². The molecule has 1 aliphatic heterocycles. The van der Waals surface area contributed by atoms with Crippen molar-refractivity contribution in [3.63, 3.8) is 0 Å². The molecule has 7 heteroatoms. The fourth-order valence-corrected chi connectivity index (χ4v) is 3.96. The first-order valence-corrected chi connectivity index (χ1v) is 9.67. The van der Waals surface area contributed by atoms with Gasteiger partial charge in [0.2, 0.25) is 11.8 Å². The molecule has 4 rings (SSSR count). The first-order chi connectivity index (χ1) is 13.1. The van der Waals surface area contributed by atoms with E-state index in [1.165, 1.54) is 0 Å². The van der Waals surface area contributed by atoms with Crippen LogP contribution in [0.1, 0.15) is 16.1 Å². The van der Waals surface area contributed by atoms with Crippen LogP contribution in [0.4, 0.5) is 5.82 Å². The Morgan fingerprint density at radius 2 is 2.07 bits per heavy atom. The highest BCUT2D eigenvalue weighted by Gasteiger charge is 2.39. The summed E-state index contributed by atoms with van der Waals surface area (Å²) < 4.78 is 1.89. The number of carbonyl (C=O) groups excluding carboxylic acids is 2. The zero-order valence-corrected chi connectivity index (χ0v) is 15.8. The second-order valence-corrected chi connectivity index (χ2v) is 7.62. The predicted molar refractivity (Wildman–Crippen MR) is 104 cm³/mol. The quantitative estimate of drug-likeness (QED) is 0.692. The summed E-state index contributed by atoms with van der Waals surface area (Å²) in [5.74, 6) is -0.530. The minimum Gasteiger partial charge on any atom is -0.351 e. The monoisotopic (exact) mass is 380 g/mol. The molecule has 6 nitrogen and oxygen atoms in total. The van der Waals surface area contributed by atoms with Crippen molar-refractivity contribution in [2.24, 2.45) is 13.0 Å². The molecule has 1 aromatic carbocycles. The number of imidazole rings is 1. The van der Waals surface area contributed by atoms with Gasteiger partial charge in [-0.15, -0.1) is 11.3 Å². The number of anilines is 1. The van der Waals surface area contributed by atoms with Gasteiger partial charge in [-0.05, 0) is 17.0 Å². The average molecular weight is 380 g/mol. The van der Waals surface area contributed by atoms with Crippen LogP contribution in [-0.4, -0.2) is 21.4 Å². The van der Waals surface area contributed by atoms with Crippen LogP contribution in [0.2, 0.25) is 0 Å². The number of hydrogen-bond donors (Lipinski definition) is 1. The molecule has 2 aromatic heterocycles. The number of hydrogen-bond acceptors (Lipinski definition) is 4. The molecule has 0 saturated heterocycles. The predicted octanol–water partition coefficient (Wildman–Crippen LogP) is 2.50. The average Bonchev–Trinajstić information content (AvgIpc) is 3.33. The molecule has 1 aliphatic rings. The Bertz CT molecular complexity index is 950. The van der Waals surface area contributed by atoms with E-state index >= 15 is 0 Å². The van der Waals surface area contributed by atoms with Crippen molar-refractivity contribution in [2.45, 2.75) is 19.5 Å². The first kappa shape index (κ1) is 17.5. The third kappa shape index (κ3) is 3.50. The van der Waals surface area contributed by atoms with Crippen molar-refractivity contribution in [3.8, 4) is 0 Å². The molecule has 0 saturated carbocycles. The third-order valence-electron chi connectivity index (χ3n) is 4.77. The van der Waals surface area contributed by atoms with Gasteiger partial charge in [0.25, 0.3) is 0 Å². The number of aromatic nitrogens is 2.